The largest absolute Gasteiger partial charge is 0.491 e. The summed E-state index contributed by atoms with van der Waals surface area (Å²) in [5.41, 5.74) is 2.97. The van der Waals surface area contributed by atoms with E-state index < -0.39 is 0 Å². The number of nitrogens with zero attached hydrogens (tertiary/aromatic N) is 3. The zero-order chi connectivity index (χ0) is 18.6. The summed E-state index contributed by atoms with van der Waals surface area (Å²) in [5, 5.41) is 7.09. The Morgan fingerprint density at radius 3 is 2.48 bits per heavy atom. The first kappa shape index (κ1) is 17.4. The second kappa shape index (κ2) is 7.72. The van der Waals surface area contributed by atoms with E-state index in [1.165, 1.54) is 0 Å². The highest BCUT2D eigenvalue weighted by molar-refractivity contribution is 7.10. The van der Waals surface area contributed by atoms with Crippen LogP contribution in [0.15, 0.2) is 64.5 Å². The second-order valence-electron chi connectivity index (χ2n) is 6.37. The van der Waals surface area contributed by atoms with Gasteiger partial charge in [0.2, 0.25) is 11.7 Å². The Hall–Kier alpha value is -2.99. The van der Waals surface area contributed by atoms with Crippen LogP contribution < -0.4 is 4.74 Å². The highest BCUT2D eigenvalue weighted by Crippen LogP contribution is 2.24. The molecular weight excluding hydrogens is 358 g/mol. The molecule has 6 heteroatoms. The summed E-state index contributed by atoms with van der Waals surface area (Å²) in [5.74, 6) is 1.95. The molecule has 4 rings (SSSR count). The Balaban J connectivity index is 1.46. The third-order valence-electron chi connectivity index (χ3n) is 3.88. The fourth-order valence-electron chi connectivity index (χ4n) is 2.66. The molecular formula is C21H19N3O2S. The first-order valence-corrected chi connectivity index (χ1v) is 9.65. The maximum atomic E-state index is 5.66. The lowest BCUT2D eigenvalue weighted by molar-refractivity contribution is 0.242. The molecule has 0 saturated heterocycles. The van der Waals surface area contributed by atoms with Gasteiger partial charge in [0.25, 0.3) is 0 Å². The third-order valence-corrected chi connectivity index (χ3v) is 4.72. The van der Waals surface area contributed by atoms with Crippen LogP contribution in [0.2, 0.25) is 0 Å². The van der Waals surface area contributed by atoms with Gasteiger partial charge in [0.05, 0.1) is 18.2 Å². The third kappa shape index (κ3) is 4.23. The Kier molecular flexibility index (Phi) is 4.98. The van der Waals surface area contributed by atoms with Crippen LogP contribution in [0.5, 0.6) is 5.75 Å². The molecule has 0 bridgehead atoms. The summed E-state index contributed by atoms with van der Waals surface area (Å²) in [4.78, 5) is 9.17. The topological polar surface area (TPSA) is 61.0 Å². The summed E-state index contributed by atoms with van der Waals surface area (Å²) in [6, 6.07) is 17.8. The average Bonchev–Trinajstić information content (AvgIpc) is 3.33. The van der Waals surface area contributed by atoms with Gasteiger partial charge >= 0.3 is 0 Å². The van der Waals surface area contributed by atoms with Crippen molar-refractivity contribution in [3.05, 3.63) is 70.9 Å². The number of ether oxygens (including phenoxy) is 1. The minimum Gasteiger partial charge on any atom is -0.491 e. The number of thiazole rings is 1. The molecule has 0 atom stereocenters. The van der Waals surface area contributed by atoms with Gasteiger partial charge in [-0.15, -0.1) is 11.3 Å². The molecule has 0 fully saturated rings. The molecule has 0 N–H and O–H groups in total. The van der Waals surface area contributed by atoms with Gasteiger partial charge in [0.1, 0.15) is 10.8 Å². The highest BCUT2D eigenvalue weighted by Gasteiger charge is 2.12. The predicted molar refractivity (Wildman–Crippen MR) is 106 cm³/mol. The van der Waals surface area contributed by atoms with E-state index in [2.05, 4.69) is 32.6 Å². The van der Waals surface area contributed by atoms with E-state index in [9.17, 15) is 0 Å². The predicted octanol–water partition coefficient (Wildman–Crippen LogP) is 5.24. The van der Waals surface area contributed by atoms with Gasteiger partial charge < -0.3 is 9.26 Å². The number of hydrogen-bond acceptors (Lipinski definition) is 6. The van der Waals surface area contributed by atoms with Crippen LogP contribution in [0, 0.1) is 0 Å². The average molecular weight is 377 g/mol. The number of hydrogen-bond donors (Lipinski definition) is 0. The first-order valence-electron chi connectivity index (χ1n) is 8.77. The summed E-state index contributed by atoms with van der Waals surface area (Å²) in [6.45, 7) is 4.00. The maximum absolute atomic E-state index is 5.66. The van der Waals surface area contributed by atoms with Gasteiger partial charge in [-0.3, -0.25) is 0 Å². The molecule has 5 nitrogen and oxygen atoms in total. The van der Waals surface area contributed by atoms with Crippen molar-refractivity contribution in [2.24, 2.45) is 0 Å². The van der Waals surface area contributed by atoms with Gasteiger partial charge in [-0.25, -0.2) is 4.98 Å². The van der Waals surface area contributed by atoms with Crippen LogP contribution in [-0.4, -0.2) is 21.2 Å². The minimum absolute atomic E-state index is 0.145. The van der Waals surface area contributed by atoms with Crippen molar-refractivity contribution in [3.8, 4) is 28.4 Å². The van der Waals surface area contributed by atoms with Crippen molar-refractivity contribution >= 4 is 11.3 Å². The van der Waals surface area contributed by atoms with Crippen LogP contribution in [0.4, 0.5) is 0 Å². The Labute approximate surface area is 161 Å². The SMILES string of the molecule is CC(C)Oc1ccc(-c2noc(Cc3nc(-c4ccccc4)cs3)n2)cc1. The van der Waals surface area contributed by atoms with Crippen LogP contribution in [0.25, 0.3) is 22.6 Å². The normalized spacial score (nSPS) is 11.1. The zero-order valence-corrected chi connectivity index (χ0v) is 15.9. The van der Waals surface area contributed by atoms with Crippen LogP contribution >= 0.6 is 11.3 Å². The fraction of sp³-hybridized carbons (Fsp3) is 0.190. The van der Waals surface area contributed by atoms with Gasteiger partial charge in [-0.1, -0.05) is 35.5 Å². The number of benzene rings is 2. The first-order chi connectivity index (χ1) is 13.2. The molecule has 0 spiro atoms. The van der Waals surface area contributed by atoms with Crippen molar-refractivity contribution in [2.75, 3.05) is 0 Å². The lowest BCUT2D eigenvalue weighted by atomic mass is 10.2. The molecule has 27 heavy (non-hydrogen) atoms. The van der Waals surface area contributed by atoms with Crippen molar-refractivity contribution in [1.82, 2.24) is 15.1 Å². The van der Waals surface area contributed by atoms with Crippen molar-refractivity contribution in [3.63, 3.8) is 0 Å². The Bertz CT molecular complexity index is 1010. The summed E-state index contributed by atoms with van der Waals surface area (Å²) in [6.07, 6.45) is 0.672. The Morgan fingerprint density at radius 1 is 0.963 bits per heavy atom. The van der Waals surface area contributed by atoms with Crippen molar-refractivity contribution in [1.29, 1.82) is 0 Å². The standard InChI is InChI=1S/C21H19N3O2S/c1-14(2)25-17-10-8-16(9-11-17)21-23-19(26-24-21)12-20-22-18(13-27-20)15-6-4-3-5-7-15/h3-11,13-14H,12H2,1-2H3. The van der Waals surface area contributed by atoms with Crippen LogP contribution in [0.3, 0.4) is 0 Å². The van der Waals surface area contributed by atoms with Crippen LogP contribution in [0.1, 0.15) is 24.7 Å². The lowest BCUT2D eigenvalue weighted by Crippen LogP contribution is -2.05. The van der Waals surface area contributed by atoms with Crippen molar-refractivity contribution in [2.45, 2.75) is 26.4 Å². The van der Waals surface area contributed by atoms with E-state index in [4.69, 9.17) is 9.26 Å². The quantitative estimate of drug-likeness (QED) is 0.460. The van der Waals surface area contributed by atoms with E-state index >= 15 is 0 Å². The molecule has 0 saturated carbocycles. The molecule has 0 amide bonds. The summed E-state index contributed by atoms with van der Waals surface area (Å²) >= 11 is 1.60. The van der Waals surface area contributed by atoms with Crippen molar-refractivity contribution < 1.29 is 9.26 Å². The lowest BCUT2D eigenvalue weighted by Gasteiger charge is -2.09. The van der Waals surface area contributed by atoms with Gasteiger partial charge in [-0.05, 0) is 38.1 Å². The van der Waals surface area contributed by atoms with Gasteiger partial charge in [0.15, 0.2) is 0 Å². The molecule has 136 valence electrons. The summed E-state index contributed by atoms with van der Waals surface area (Å²) < 4.78 is 11.1. The fourth-order valence-corrected chi connectivity index (χ4v) is 3.46. The second-order valence-corrected chi connectivity index (χ2v) is 7.31. The summed E-state index contributed by atoms with van der Waals surface area (Å²) in [7, 11) is 0. The molecule has 2 aromatic carbocycles. The minimum atomic E-state index is 0.145. The molecule has 4 aromatic rings. The molecule has 0 aliphatic carbocycles. The van der Waals surface area contributed by atoms with Gasteiger partial charge in [-0.2, -0.15) is 4.98 Å². The molecule has 2 aromatic heterocycles. The highest BCUT2D eigenvalue weighted by atomic mass is 32.1. The number of aromatic nitrogens is 3. The van der Waals surface area contributed by atoms with E-state index in [0.29, 0.717) is 18.1 Å². The van der Waals surface area contributed by atoms with E-state index in [1.807, 2.05) is 56.3 Å². The molecule has 0 aliphatic rings. The van der Waals surface area contributed by atoms with E-state index in [0.717, 1.165) is 27.6 Å². The Morgan fingerprint density at radius 2 is 1.74 bits per heavy atom. The smallest absolute Gasteiger partial charge is 0.233 e. The van der Waals surface area contributed by atoms with Crippen LogP contribution in [-0.2, 0) is 6.42 Å². The molecule has 2 heterocycles. The van der Waals surface area contributed by atoms with Gasteiger partial charge in [0, 0.05) is 16.5 Å². The monoisotopic (exact) mass is 377 g/mol. The molecule has 0 unspecified atom stereocenters. The van der Waals surface area contributed by atoms with E-state index in [1.54, 1.807) is 11.3 Å². The van der Waals surface area contributed by atoms with E-state index in [-0.39, 0.29) is 6.10 Å². The molecule has 0 aliphatic heterocycles. The number of rotatable bonds is 6. The molecule has 0 radical (unpaired) electrons. The zero-order valence-electron chi connectivity index (χ0n) is 15.1. The maximum Gasteiger partial charge on any atom is 0.233 e.